The Hall–Kier alpha value is -3.30. The second-order valence-corrected chi connectivity index (χ2v) is 8.01. The molecule has 4 rings (SSSR count). The zero-order valence-electron chi connectivity index (χ0n) is 18.2. The van der Waals surface area contributed by atoms with Crippen LogP contribution in [0.4, 0.5) is 10.1 Å². The summed E-state index contributed by atoms with van der Waals surface area (Å²) in [5.74, 6) is -0.795. The van der Waals surface area contributed by atoms with Crippen LogP contribution >= 0.6 is 0 Å². The first-order valence-corrected chi connectivity index (χ1v) is 10.5. The number of carbonyl (C=O) groups excluding carboxylic acids is 1. The topological polar surface area (TPSA) is 83.6 Å². The van der Waals surface area contributed by atoms with Crippen LogP contribution in [0.2, 0.25) is 0 Å². The van der Waals surface area contributed by atoms with Gasteiger partial charge in [-0.25, -0.2) is 9.18 Å². The maximum absolute atomic E-state index is 13.1. The smallest absolute Gasteiger partial charge is 0.388 e. The molecule has 0 unspecified atom stereocenters. The molecule has 0 aliphatic carbocycles. The number of benzene rings is 2. The monoisotopic (exact) mass is 439 g/mol. The maximum Gasteiger partial charge on any atom is 0.438 e. The van der Waals surface area contributed by atoms with E-state index in [2.05, 4.69) is 20.2 Å². The van der Waals surface area contributed by atoms with Crippen LogP contribution in [-0.2, 0) is 11.5 Å². The Labute approximate surface area is 185 Å². The van der Waals surface area contributed by atoms with Crippen molar-refractivity contribution in [3.05, 3.63) is 70.0 Å². The van der Waals surface area contributed by atoms with E-state index < -0.39 is 5.76 Å². The molecule has 1 N–H and O–H groups in total. The fourth-order valence-corrected chi connectivity index (χ4v) is 3.66. The van der Waals surface area contributed by atoms with E-state index in [1.807, 2.05) is 32.0 Å². The summed E-state index contributed by atoms with van der Waals surface area (Å²) in [6.45, 7) is 7.44. The normalized spacial score (nSPS) is 15.1. The molecular weight excluding hydrogens is 413 g/mol. The standard InChI is InChI=1S/C23H26FN5O3/c1-16-4-3-5-20(17(16)2)25-21(30)14-27-10-12-28(13-11-27)15-29-23(31)32-22(26-29)18-6-8-19(24)9-7-18/h3-9H,10-15H2,1-2H3,(H,25,30). The number of nitrogens with zero attached hydrogens (tertiary/aromatic N) is 4. The molecule has 1 saturated heterocycles. The van der Waals surface area contributed by atoms with Crippen molar-refractivity contribution in [2.24, 2.45) is 0 Å². The number of aryl methyl sites for hydroxylation is 1. The van der Waals surface area contributed by atoms with Gasteiger partial charge in [0.05, 0.1) is 6.54 Å². The number of halogens is 1. The van der Waals surface area contributed by atoms with Gasteiger partial charge in [0.2, 0.25) is 11.8 Å². The Balaban J connectivity index is 1.29. The Morgan fingerprint density at radius 2 is 1.75 bits per heavy atom. The second kappa shape index (κ2) is 9.46. The van der Waals surface area contributed by atoms with Crippen LogP contribution in [0.15, 0.2) is 51.7 Å². The number of hydrogen-bond acceptors (Lipinski definition) is 6. The number of aromatic nitrogens is 2. The molecule has 32 heavy (non-hydrogen) atoms. The van der Waals surface area contributed by atoms with Crippen molar-refractivity contribution in [1.82, 2.24) is 19.6 Å². The first-order chi connectivity index (χ1) is 15.4. The van der Waals surface area contributed by atoms with Crippen molar-refractivity contribution >= 4 is 11.6 Å². The number of carbonyl (C=O) groups is 1. The van der Waals surface area contributed by atoms with Gasteiger partial charge in [0.15, 0.2) is 0 Å². The molecule has 2 heterocycles. The van der Waals surface area contributed by atoms with E-state index in [-0.39, 0.29) is 17.6 Å². The molecule has 0 radical (unpaired) electrons. The SMILES string of the molecule is Cc1cccc(NC(=O)CN2CCN(Cn3nc(-c4ccc(F)cc4)oc3=O)CC2)c1C. The lowest BCUT2D eigenvalue weighted by molar-refractivity contribution is -0.117. The zero-order chi connectivity index (χ0) is 22.7. The predicted octanol–water partition coefficient (Wildman–Crippen LogP) is 2.47. The highest BCUT2D eigenvalue weighted by Crippen LogP contribution is 2.18. The lowest BCUT2D eigenvalue weighted by Crippen LogP contribution is -2.49. The maximum atomic E-state index is 13.1. The largest absolute Gasteiger partial charge is 0.438 e. The number of hydrogen-bond donors (Lipinski definition) is 1. The van der Waals surface area contributed by atoms with Crippen LogP contribution in [-0.4, -0.2) is 58.2 Å². The van der Waals surface area contributed by atoms with Crippen molar-refractivity contribution < 1.29 is 13.6 Å². The number of nitrogens with one attached hydrogen (secondary N) is 1. The van der Waals surface area contributed by atoms with Gasteiger partial charge in [0, 0.05) is 37.4 Å². The lowest BCUT2D eigenvalue weighted by Gasteiger charge is -2.33. The Kier molecular flexibility index (Phi) is 6.48. The quantitative estimate of drug-likeness (QED) is 0.635. The third kappa shape index (κ3) is 5.12. The number of piperazine rings is 1. The van der Waals surface area contributed by atoms with Gasteiger partial charge >= 0.3 is 5.76 Å². The predicted molar refractivity (Wildman–Crippen MR) is 119 cm³/mol. The molecule has 0 atom stereocenters. The van der Waals surface area contributed by atoms with Gasteiger partial charge in [-0.15, -0.1) is 5.10 Å². The average Bonchev–Trinajstić information content (AvgIpc) is 3.13. The van der Waals surface area contributed by atoms with E-state index in [1.165, 1.54) is 28.9 Å². The van der Waals surface area contributed by atoms with Crippen LogP contribution in [0, 0.1) is 19.7 Å². The van der Waals surface area contributed by atoms with Gasteiger partial charge in [0.1, 0.15) is 12.5 Å². The summed E-state index contributed by atoms with van der Waals surface area (Å²) in [6.07, 6.45) is 0. The second-order valence-electron chi connectivity index (χ2n) is 8.01. The molecule has 0 bridgehead atoms. The van der Waals surface area contributed by atoms with Crippen molar-refractivity contribution in [2.75, 3.05) is 38.0 Å². The third-order valence-corrected chi connectivity index (χ3v) is 5.74. The van der Waals surface area contributed by atoms with E-state index in [1.54, 1.807) is 0 Å². The average molecular weight is 439 g/mol. The molecular formula is C23H26FN5O3. The van der Waals surface area contributed by atoms with E-state index in [0.717, 1.165) is 16.8 Å². The van der Waals surface area contributed by atoms with Crippen molar-refractivity contribution in [3.8, 4) is 11.5 Å². The highest BCUT2D eigenvalue weighted by Gasteiger charge is 2.21. The van der Waals surface area contributed by atoms with Crippen LogP contribution in [0.3, 0.4) is 0 Å². The van der Waals surface area contributed by atoms with Gasteiger partial charge in [-0.3, -0.25) is 14.6 Å². The summed E-state index contributed by atoms with van der Waals surface area (Å²) < 4.78 is 19.6. The Morgan fingerprint density at radius 3 is 2.47 bits per heavy atom. The minimum Gasteiger partial charge on any atom is -0.388 e. The molecule has 2 aromatic carbocycles. The minimum absolute atomic E-state index is 0.0381. The van der Waals surface area contributed by atoms with Gasteiger partial charge in [-0.05, 0) is 55.3 Å². The van der Waals surface area contributed by atoms with Crippen LogP contribution in [0.1, 0.15) is 11.1 Å². The van der Waals surface area contributed by atoms with Crippen molar-refractivity contribution in [3.63, 3.8) is 0 Å². The molecule has 0 saturated carbocycles. The molecule has 8 nitrogen and oxygen atoms in total. The van der Waals surface area contributed by atoms with Crippen molar-refractivity contribution in [1.29, 1.82) is 0 Å². The molecule has 9 heteroatoms. The summed E-state index contributed by atoms with van der Waals surface area (Å²) >= 11 is 0. The zero-order valence-corrected chi connectivity index (χ0v) is 18.2. The molecule has 1 aliphatic heterocycles. The third-order valence-electron chi connectivity index (χ3n) is 5.74. The van der Waals surface area contributed by atoms with Gasteiger partial charge in [-0.2, -0.15) is 4.68 Å². The van der Waals surface area contributed by atoms with Gasteiger partial charge in [0.25, 0.3) is 0 Å². The van der Waals surface area contributed by atoms with E-state index in [9.17, 15) is 14.0 Å². The number of anilines is 1. The highest BCUT2D eigenvalue weighted by atomic mass is 19.1. The summed E-state index contributed by atoms with van der Waals surface area (Å²) in [4.78, 5) is 28.8. The Bertz CT molecular complexity index is 1150. The van der Waals surface area contributed by atoms with Crippen LogP contribution in [0.5, 0.6) is 0 Å². The highest BCUT2D eigenvalue weighted by molar-refractivity contribution is 5.93. The molecule has 1 fully saturated rings. The fourth-order valence-electron chi connectivity index (χ4n) is 3.66. The first-order valence-electron chi connectivity index (χ1n) is 10.5. The van der Waals surface area contributed by atoms with E-state index in [0.29, 0.717) is 45.0 Å². The Morgan fingerprint density at radius 1 is 1.06 bits per heavy atom. The molecule has 0 spiro atoms. The molecule has 3 aromatic rings. The summed E-state index contributed by atoms with van der Waals surface area (Å²) in [5, 5.41) is 7.22. The summed E-state index contributed by atoms with van der Waals surface area (Å²) in [6, 6.07) is 11.5. The first kappa shape index (κ1) is 21.9. The molecule has 1 aliphatic rings. The summed E-state index contributed by atoms with van der Waals surface area (Å²) in [7, 11) is 0. The summed E-state index contributed by atoms with van der Waals surface area (Å²) in [5.41, 5.74) is 3.60. The van der Waals surface area contributed by atoms with Crippen molar-refractivity contribution in [2.45, 2.75) is 20.5 Å². The number of amides is 1. The van der Waals surface area contributed by atoms with Crippen LogP contribution < -0.4 is 11.1 Å². The van der Waals surface area contributed by atoms with Gasteiger partial charge in [-0.1, -0.05) is 12.1 Å². The molecule has 1 aromatic heterocycles. The van der Waals surface area contributed by atoms with E-state index in [4.69, 9.17) is 4.42 Å². The number of rotatable bonds is 6. The van der Waals surface area contributed by atoms with Crippen LogP contribution in [0.25, 0.3) is 11.5 Å². The van der Waals surface area contributed by atoms with E-state index >= 15 is 0 Å². The van der Waals surface area contributed by atoms with Gasteiger partial charge < -0.3 is 9.73 Å². The minimum atomic E-state index is -0.556. The fraction of sp³-hybridized carbons (Fsp3) is 0.348. The lowest BCUT2D eigenvalue weighted by atomic mass is 10.1. The molecule has 1 amide bonds. The molecule has 168 valence electrons.